The number of hydrogen-bond donors (Lipinski definition) is 1. The number of nitrogen functional groups attached to an aromatic ring is 1. The minimum Gasteiger partial charge on any atom is -0.395 e. The minimum atomic E-state index is -0.121. The molecule has 0 aliphatic carbocycles. The first kappa shape index (κ1) is 13.4. The van der Waals surface area contributed by atoms with Gasteiger partial charge in [-0.3, -0.25) is 14.3 Å². The Bertz CT molecular complexity index is 514. The van der Waals surface area contributed by atoms with Crippen LogP contribution in [0.4, 0.5) is 5.69 Å². The molecule has 0 spiro atoms. The van der Waals surface area contributed by atoms with E-state index in [0.29, 0.717) is 43.3 Å². The molecule has 2 rings (SSSR count). The molecule has 19 heavy (non-hydrogen) atoms. The highest BCUT2D eigenvalue weighted by molar-refractivity contribution is 5.98. The third-order valence-electron chi connectivity index (χ3n) is 3.48. The molecule has 2 amide bonds. The Morgan fingerprint density at radius 1 is 1.16 bits per heavy atom. The van der Waals surface area contributed by atoms with Gasteiger partial charge in [-0.25, -0.2) is 0 Å². The Morgan fingerprint density at radius 2 is 1.68 bits per heavy atom. The number of amides is 2. The third kappa shape index (κ3) is 2.40. The molecule has 1 aliphatic heterocycles. The molecule has 0 bridgehead atoms. The highest BCUT2D eigenvalue weighted by Crippen LogP contribution is 2.18. The van der Waals surface area contributed by atoms with Crippen LogP contribution in [0.1, 0.15) is 23.1 Å². The lowest BCUT2D eigenvalue weighted by atomic mass is 10.2. The first-order valence-electron chi connectivity index (χ1n) is 6.25. The molecule has 1 fully saturated rings. The monoisotopic (exact) mass is 265 g/mol. The molecular formula is C12H19N5O2. The summed E-state index contributed by atoms with van der Waals surface area (Å²) in [5, 5.41) is 4.15. The van der Waals surface area contributed by atoms with Crippen molar-refractivity contribution in [1.29, 1.82) is 0 Å². The second-order valence-electron chi connectivity index (χ2n) is 4.77. The average molecular weight is 265 g/mol. The largest absolute Gasteiger partial charge is 0.395 e. The van der Waals surface area contributed by atoms with E-state index in [1.807, 2.05) is 0 Å². The van der Waals surface area contributed by atoms with Gasteiger partial charge in [-0.2, -0.15) is 5.10 Å². The number of piperazine rings is 1. The van der Waals surface area contributed by atoms with Crippen LogP contribution in [0.3, 0.4) is 0 Å². The van der Waals surface area contributed by atoms with Gasteiger partial charge in [0.15, 0.2) is 0 Å². The molecule has 2 N–H and O–H groups in total. The van der Waals surface area contributed by atoms with Gasteiger partial charge in [0.2, 0.25) is 5.91 Å². The van der Waals surface area contributed by atoms with Crippen molar-refractivity contribution >= 4 is 17.5 Å². The van der Waals surface area contributed by atoms with Gasteiger partial charge in [0.05, 0.1) is 11.4 Å². The van der Waals surface area contributed by atoms with E-state index in [4.69, 9.17) is 5.73 Å². The number of carbonyl (C=O) groups excluding carboxylic acids is 2. The molecule has 104 valence electrons. The number of rotatable bonds is 1. The van der Waals surface area contributed by atoms with Crippen molar-refractivity contribution in [2.75, 3.05) is 31.9 Å². The molecule has 0 atom stereocenters. The molecule has 1 aromatic heterocycles. The van der Waals surface area contributed by atoms with E-state index in [1.54, 1.807) is 30.7 Å². The van der Waals surface area contributed by atoms with Crippen LogP contribution >= 0.6 is 0 Å². The Balaban J connectivity index is 2.12. The summed E-state index contributed by atoms with van der Waals surface area (Å²) in [6.45, 7) is 5.51. The molecule has 0 radical (unpaired) electrons. The topological polar surface area (TPSA) is 84.5 Å². The molecule has 0 saturated carbocycles. The zero-order valence-electron chi connectivity index (χ0n) is 11.5. The van der Waals surface area contributed by atoms with E-state index < -0.39 is 0 Å². The van der Waals surface area contributed by atoms with Crippen LogP contribution in [-0.4, -0.2) is 57.6 Å². The predicted molar refractivity (Wildman–Crippen MR) is 70.5 cm³/mol. The van der Waals surface area contributed by atoms with Gasteiger partial charge in [0, 0.05) is 40.2 Å². The van der Waals surface area contributed by atoms with Crippen molar-refractivity contribution in [2.24, 2.45) is 7.05 Å². The summed E-state index contributed by atoms with van der Waals surface area (Å²) in [5.74, 6) is -0.0770. The van der Waals surface area contributed by atoms with Gasteiger partial charge in [-0.05, 0) is 6.92 Å². The van der Waals surface area contributed by atoms with E-state index in [1.165, 1.54) is 4.68 Å². The van der Waals surface area contributed by atoms with Crippen molar-refractivity contribution in [3.05, 3.63) is 11.4 Å². The Labute approximate surface area is 111 Å². The maximum absolute atomic E-state index is 12.4. The van der Waals surface area contributed by atoms with E-state index in [9.17, 15) is 9.59 Å². The van der Waals surface area contributed by atoms with Gasteiger partial charge in [-0.15, -0.1) is 0 Å². The molecule has 1 saturated heterocycles. The molecule has 7 heteroatoms. The van der Waals surface area contributed by atoms with E-state index in [0.717, 1.165) is 0 Å². The van der Waals surface area contributed by atoms with E-state index >= 15 is 0 Å². The lowest BCUT2D eigenvalue weighted by molar-refractivity contribution is -0.130. The SMILES string of the molecule is CC(=O)N1CCN(C(=O)c2c(N)c(C)nn2C)CC1. The third-order valence-corrected chi connectivity index (χ3v) is 3.48. The number of hydrogen-bond acceptors (Lipinski definition) is 4. The second-order valence-corrected chi connectivity index (χ2v) is 4.77. The summed E-state index contributed by atoms with van der Waals surface area (Å²) in [5.41, 5.74) is 7.41. The van der Waals surface area contributed by atoms with Crippen LogP contribution in [0, 0.1) is 6.92 Å². The van der Waals surface area contributed by atoms with Gasteiger partial charge in [0.1, 0.15) is 5.69 Å². The normalized spacial score (nSPS) is 15.7. The highest BCUT2D eigenvalue weighted by Gasteiger charge is 2.27. The number of anilines is 1. The first-order valence-corrected chi connectivity index (χ1v) is 6.25. The quantitative estimate of drug-likeness (QED) is 0.750. The van der Waals surface area contributed by atoms with Gasteiger partial charge in [0.25, 0.3) is 5.91 Å². The molecule has 1 aromatic rings. The summed E-state index contributed by atoms with van der Waals surface area (Å²) >= 11 is 0. The Hall–Kier alpha value is -2.05. The summed E-state index contributed by atoms with van der Waals surface area (Å²) in [6, 6.07) is 0. The molecule has 0 unspecified atom stereocenters. The fraction of sp³-hybridized carbons (Fsp3) is 0.583. The lowest BCUT2D eigenvalue weighted by Gasteiger charge is -2.34. The van der Waals surface area contributed by atoms with Gasteiger partial charge >= 0.3 is 0 Å². The van der Waals surface area contributed by atoms with Crippen LogP contribution in [0.25, 0.3) is 0 Å². The number of nitrogens with zero attached hydrogens (tertiary/aromatic N) is 4. The lowest BCUT2D eigenvalue weighted by Crippen LogP contribution is -2.50. The van der Waals surface area contributed by atoms with E-state index in [2.05, 4.69) is 5.10 Å². The number of nitrogens with two attached hydrogens (primary N) is 1. The fourth-order valence-electron chi connectivity index (χ4n) is 2.30. The highest BCUT2D eigenvalue weighted by atomic mass is 16.2. The maximum Gasteiger partial charge on any atom is 0.274 e. The first-order chi connectivity index (χ1) is 8.91. The maximum atomic E-state index is 12.4. The molecule has 0 aromatic carbocycles. The van der Waals surface area contributed by atoms with Crippen molar-refractivity contribution in [3.63, 3.8) is 0 Å². The number of aromatic nitrogens is 2. The zero-order valence-corrected chi connectivity index (χ0v) is 11.5. The average Bonchev–Trinajstić information content (AvgIpc) is 2.62. The molecule has 1 aliphatic rings. The van der Waals surface area contributed by atoms with Gasteiger partial charge < -0.3 is 15.5 Å². The van der Waals surface area contributed by atoms with Gasteiger partial charge in [-0.1, -0.05) is 0 Å². The van der Waals surface area contributed by atoms with Crippen LogP contribution in [0.5, 0.6) is 0 Å². The second kappa shape index (κ2) is 4.91. The molecule has 2 heterocycles. The predicted octanol–water partition coefficient (Wildman–Crippen LogP) is -0.385. The fourth-order valence-corrected chi connectivity index (χ4v) is 2.30. The number of carbonyl (C=O) groups is 2. The smallest absolute Gasteiger partial charge is 0.274 e. The van der Waals surface area contributed by atoms with Crippen molar-refractivity contribution < 1.29 is 9.59 Å². The molecular weight excluding hydrogens is 246 g/mol. The standard InChI is InChI=1S/C12H19N5O2/c1-8-10(13)11(15(3)14-8)12(19)17-6-4-16(5-7-17)9(2)18/h4-7,13H2,1-3H3. The van der Waals surface area contributed by atoms with Crippen LogP contribution in [0.15, 0.2) is 0 Å². The van der Waals surface area contributed by atoms with E-state index in [-0.39, 0.29) is 11.8 Å². The summed E-state index contributed by atoms with van der Waals surface area (Å²) in [4.78, 5) is 27.1. The van der Waals surface area contributed by atoms with Crippen molar-refractivity contribution in [1.82, 2.24) is 19.6 Å². The summed E-state index contributed by atoms with van der Waals surface area (Å²) in [6.07, 6.45) is 0. The molecule has 7 nitrogen and oxygen atoms in total. The van der Waals surface area contributed by atoms with Crippen LogP contribution in [0.2, 0.25) is 0 Å². The summed E-state index contributed by atoms with van der Waals surface area (Å²) < 4.78 is 1.52. The minimum absolute atomic E-state index is 0.0444. The Morgan fingerprint density at radius 3 is 2.11 bits per heavy atom. The number of aryl methyl sites for hydroxylation is 2. The van der Waals surface area contributed by atoms with Crippen molar-refractivity contribution in [2.45, 2.75) is 13.8 Å². The summed E-state index contributed by atoms with van der Waals surface area (Å²) in [7, 11) is 1.71. The van der Waals surface area contributed by atoms with Crippen LogP contribution in [-0.2, 0) is 11.8 Å². The zero-order chi connectivity index (χ0) is 14.2. The van der Waals surface area contributed by atoms with Crippen molar-refractivity contribution in [3.8, 4) is 0 Å². The van der Waals surface area contributed by atoms with Crippen LogP contribution < -0.4 is 5.73 Å². The Kier molecular flexibility index (Phi) is 3.46.